The molecule has 0 aromatic heterocycles. The van der Waals surface area contributed by atoms with Gasteiger partial charge in [0.2, 0.25) is 0 Å². The average Bonchev–Trinajstić information content (AvgIpc) is 2.65. The Morgan fingerprint density at radius 3 is 2.27 bits per heavy atom. The normalized spacial score (nSPS) is 16.2. The van der Waals surface area contributed by atoms with Gasteiger partial charge in [-0.1, -0.05) is 59.2 Å². The average molecular weight is 208 g/mol. The number of ether oxygens (including phenoxy) is 1. The van der Waals surface area contributed by atoms with Crippen LogP contribution in [0.4, 0.5) is 0 Å². The predicted octanol–water partition coefficient (Wildman–Crippen LogP) is 4.63. The van der Waals surface area contributed by atoms with E-state index in [0.717, 1.165) is 12.4 Å². The highest BCUT2D eigenvalue weighted by molar-refractivity contribution is 5.38. The van der Waals surface area contributed by atoms with Crippen molar-refractivity contribution in [3.63, 3.8) is 0 Å². The van der Waals surface area contributed by atoms with Gasteiger partial charge >= 0.3 is 0 Å². The summed E-state index contributed by atoms with van der Waals surface area (Å²) < 4.78 is 5.41. The van der Waals surface area contributed by atoms with E-state index in [1.807, 2.05) is 26.0 Å². The summed E-state index contributed by atoms with van der Waals surface area (Å²) in [5.74, 6) is 1.64. The molecule has 2 rings (SSSR count). The summed E-state index contributed by atoms with van der Waals surface area (Å²) in [6.45, 7) is 11.3. The van der Waals surface area contributed by atoms with E-state index < -0.39 is 0 Å². The number of rotatable bonds is 0. The standard InChI is InChI=1S/C9H10O.C3H8.C2H6/c1-7-6-10-9-5-3-2-4-8(7)9;1-3-2;1-2/h2-5,7H,6H2,1H3;3H2,1-2H3;1-2H3. The minimum absolute atomic E-state index is 0.580. The molecule has 0 saturated heterocycles. The maximum absolute atomic E-state index is 5.41. The van der Waals surface area contributed by atoms with E-state index in [9.17, 15) is 0 Å². The Balaban J connectivity index is 0.000000342. The van der Waals surface area contributed by atoms with Crippen molar-refractivity contribution >= 4 is 0 Å². The van der Waals surface area contributed by atoms with Crippen molar-refractivity contribution in [2.75, 3.05) is 6.61 Å². The van der Waals surface area contributed by atoms with Crippen molar-refractivity contribution < 1.29 is 4.74 Å². The highest BCUT2D eigenvalue weighted by Gasteiger charge is 2.17. The zero-order valence-electron chi connectivity index (χ0n) is 10.7. The van der Waals surface area contributed by atoms with Crippen LogP contribution in [-0.2, 0) is 0 Å². The Labute approximate surface area is 94.5 Å². The monoisotopic (exact) mass is 208 g/mol. The van der Waals surface area contributed by atoms with E-state index in [-0.39, 0.29) is 0 Å². The molecule has 1 aromatic rings. The second-order valence-corrected chi connectivity index (χ2v) is 3.46. The van der Waals surface area contributed by atoms with Gasteiger partial charge in [-0.3, -0.25) is 0 Å². The lowest BCUT2D eigenvalue weighted by atomic mass is 10.0. The highest BCUT2D eigenvalue weighted by atomic mass is 16.5. The highest BCUT2D eigenvalue weighted by Crippen LogP contribution is 2.32. The van der Waals surface area contributed by atoms with Crippen LogP contribution in [0.25, 0.3) is 0 Å². The second-order valence-electron chi connectivity index (χ2n) is 3.46. The van der Waals surface area contributed by atoms with Gasteiger partial charge < -0.3 is 4.74 Å². The van der Waals surface area contributed by atoms with E-state index in [2.05, 4.69) is 32.9 Å². The Morgan fingerprint density at radius 1 is 1.20 bits per heavy atom. The molecule has 1 nitrogen and oxygen atoms in total. The van der Waals surface area contributed by atoms with E-state index >= 15 is 0 Å². The summed E-state index contributed by atoms with van der Waals surface area (Å²) in [6.07, 6.45) is 1.25. The minimum atomic E-state index is 0.580. The first kappa shape index (κ1) is 14.0. The zero-order chi connectivity index (χ0) is 11.7. The molecule has 0 radical (unpaired) electrons. The van der Waals surface area contributed by atoms with Crippen molar-refractivity contribution in [1.82, 2.24) is 0 Å². The molecule has 0 fully saturated rings. The first-order valence-corrected chi connectivity index (χ1v) is 6.01. The van der Waals surface area contributed by atoms with Crippen molar-refractivity contribution in [3.8, 4) is 5.75 Å². The van der Waals surface area contributed by atoms with Crippen molar-refractivity contribution in [1.29, 1.82) is 0 Å². The number of hydrogen-bond acceptors (Lipinski definition) is 1. The van der Waals surface area contributed by atoms with Gasteiger partial charge in [0.15, 0.2) is 0 Å². The lowest BCUT2D eigenvalue weighted by molar-refractivity contribution is 0.337. The maximum atomic E-state index is 5.41. The molecule has 1 heteroatoms. The molecule has 1 unspecified atom stereocenters. The predicted molar refractivity (Wildman–Crippen MR) is 67.7 cm³/mol. The molecule has 0 aliphatic carbocycles. The van der Waals surface area contributed by atoms with Crippen molar-refractivity contribution in [3.05, 3.63) is 29.8 Å². The van der Waals surface area contributed by atoms with Gasteiger partial charge in [-0.25, -0.2) is 0 Å². The third kappa shape index (κ3) is 4.37. The summed E-state index contributed by atoms with van der Waals surface area (Å²) in [7, 11) is 0. The molecule has 1 atom stereocenters. The number of hydrogen-bond donors (Lipinski definition) is 0. The smallest absolute Gasteiger partial charge is 0.122 e. The molecule has 0 amide bonds. The van der Waals surface area contributed by atoms with Crippen LogP contribution in [0.2, 0.25) is 0 Å². The molecule has 0 saturated carbocycles. The Kier molecular flexibility index (Phi) is 7.79. The molecule has 1 aliphatic heterocycles. The van der Waals surface area contributed by atoms with Gasteiger partial charge in [0.25, 0.3) is 0 Å². The molecule has 0 N–H and O–H groups in total. The summed E-state index contributed by atoms with van der Waals surface area (Å²) in [5, 5.41) is 0. The molecule has 1 heterocycles. The number of para-hydroxylation sites is 1. The third-order valence-corrected chi connectivity index (χ3v) is 1.94. The quantitative estimate of drug-likeness (QED) is 0.604. The minimum Gasteiger partial charge on any atom is -0.493 e. The van der Waals surface area contributed by atoms with E-state index in [4.69, 9.17) is 4.74 Å². The van der Waals surface area contributed by atoms with Gasteiger partial charge in [0.1, 0.15) is 5.75 Å². The van der Waals surface area contributed by atoms with Crippen LogP contribution in [0.1, 0.15) is 52.5 Å². The van der Waals surface area contributed by atoms with E-state index in [1.54, 1.807) is 0 Å². The van der Waals surface area contributed by atoms with Gasteiger partial charge in [-0.2, -0.15) is 0 Å². The fourth-order valence-corrected chi connectivity index (χ4v) is 1.32. The van der Waals surface area contributed by atoms with Crippen LogP contribution >= 0.6 is 0 Å². The van der Waals surface area contributed by atoms with E-state index in [1.165, 1.54) is 12.0 Å². The van der Waals surface area contributed by atoms with Gasteiger partial charge in [-0.15, -0.1) is 0 Å². The third-order valence-electron chi connectivity index (χ3n) is 1.94. The summed E-state index contributed by atoms with van der Waals surface area (Å²) >= 11 is 0. The van der Waals surface area contributed by atoms with Crippen LogP contribution in [-0.4, -0.2) is 6.61 Å². The molecular weight excluding hydrogens is 184 g/mol. The van der Waals surface area contributed by atoms with Gasteiger partial charge in [-0.05, 0) is 6.07 Å². The molecule has 0 bridgehead atoms. The van der Waals surface area contributed by atoms with Crippen LogP contribution < -0.4 is 4.74 Å². The fraction of sp³-hybridized carbons (Fsp3) is 0.571. The zero-order valence-corrected chi connectivity index (χ0v) is 10.7. The van der Waals surface area contributed by atoms with Gasteiger partial charge in [0, 0.05) is 11.5 Å². The first-order chi connectivity index (χ1) is 7.29. The largest absolute Gasteiger partial charge is 0.493 e. The van der Waals surface area contributed by atoms with Crippen LogP contribution in [0.3, 0.4) is 0 Å². The molecule has 1 aliphatic rings. The molecule has 15 heavy (non-hydrogen) atoms. The fourth-order valence-electron chi connectivity index (χ4n) is 1.32. The molecule has 86 valence electrons. The SMILES string of the molecule is CC.CC1COc2ccccc21.CCC. The van der Waals surface area contributed by atoms with Crippen LogP contribution in [0.5, 0.6) is 5.75 Å². The Hall–Kier alpha value is -0.980. The van der Waals surface area contributed by atoms with Crippen molar-refractivity contribution in [2.45, 2.75) is 47.0 Å². The van der Waals surface area contributed by atoms with E-state index in [0.29, 0.717) is 5.92 Å². The van der Waals surface area contributed by atoms with Crippen LogP contribution in [0, 0.1) is 0 Å². The summed E-state index contributed by atoms with van der Waals surface area (Å²) in [6, 6.07) is 8.23. The van der Waals surface area contributed by atoms with Crippen LogP contribution in [0.15, 0.2) is 24.3 Å². The van der Waals surface area contributed by atoms with Crippen molar-refractivity contribution in [2.24, 2.45) is 0 Å². The summed E-state index contributed by atoms with van der Waals surface area (Å²) in [5.41, 5.74) is 1.35. The molecular formula is C14H24O. The molecule has 1 aromatic carbocycles. The second kappa shape index (κ2) is 8.34. The first-order valence-electron chi connectivity index (χ1n) is 6.01. The Morgan fingerprint density at radius 2 is 1.73 bits per heavy atom. The maximum Gasteiger partial charge on any atom is 0.122 e. The number of fused-ring (bicyclic) bond motifs is 1. The number of benzene rings is 1. The topological polar surface area (TPSA) is 9.23 Å². The van der Waals surface area contributed by atoms with Gasteiger partial charge in [0.05, 0.1) is 6.61 Å². The molecule has 0 spiro atoms. The summed E-state index contributed by atoms with van der Waals surface area (Å²) in [4.78, 5) is 0. The Bertz CT molecular complexity index is 255. The lowest BCUT2D eigenvalue weighted by Gasteiger charge is -1.96. The lowest BCUT2D eigenvalue weighted by Crippen LogP contribution is -1.93.